The van der Waals surface area contributed by atoms with E-state index in [0.29, 0.717) is 31.6 Å². The Balaban J connectivity index is 1.31. The third-order valence-electron chi connectivity index (χ3n) is 6.62. The Morgan fingerprint density at radius 1 is 0.939 bits per heavy atom. The fourth-order valence-corrected chi connectivity index (χ4v) is 6.26. The van der Waals surface area contributed by atoms with Gasteiger partial charge in [-0.2, -0.15) is 9.31 Å². The number of hydrazine groups is 1. The first kappa shape index (κ1) is 23.5. The van der Waals surface area contributed by atoms with Crippen molar-refractivity contribution in [2.45, 2.75) is 68.2 Å². The van der Waals surface area contributed by atoms with Gasteiger partial charge in [0.25, 0.3) is 11.8 Å². The van der Waals surface area contributed by atoms with Crippen LogP contribution in [0.4, 0.5) is 10.5 Å². The van der Waals surface area contributed by atoms with Crippen LogP contribution in [0.2, 0.25) is 0 Å². The molecule has 4 rings (SSSR count). The van der Waals surface area contributed by atoms with Crippen LogP contribution in [-0.2, 0) is 19.6 Å². The average molecular weight is 478 g/mol. The first-order chi connectivity index (χ1) is 15.8. The van der Waals surface area contributed by atoms with Crippen LogP contribution in [0, 0.1) is 0 Å². The van der Waals surface area contributed by atoms with Crippen molar-refractivity contribution in [1.29, 1.82) is 0 Å². The lowest BCUT2D eigenvalue weighted by Crippen LogP contribution is -2.51. The standard InChI is InChI=1S/C22H31N5O5S/c28-19(25-27-20(29)22(24-21(27)30)12-4-3-5-13-22)16-23-17-8-10-18(11-9-17)33(31,32)26-14-6-1-2-7-15-26/h8-11,23H,1-7,12-16H2,(H,24,30)(H,25,28). The molecule has 1 spiro atoms. The van der Waals surface area contributed by atoms with Crippen molar-refractivity contribution >= 4 is 33.6 Å². The molecule has 0 atom stereocenters. The number of benzene rings is 1. The summed E-state index contributed by atoms with van der Waals surface area (Å²) in [5, 5.41) is 6.41. The molecule has 3 fully saturated rings. The van der Waals surface area contributed by atoms with E-state index in [0.717, 1.165) is 50.0 Å². The second-order valence-electron chi connectivity index (χ2n) is 8.94. The number of carbonyl (C=O) groups is 3. The summed E-state index contributed by atoms with van der Waals surface area (Å²) < 4.78 is 27.3. The molecule has 2 heterocycles. The number of nitrogens with one attached hydrogen (secondary N) is 3. The molecule has 180 valence electrons. The minimum atomic E-state index is -3.54. The predicted octanol–water partition coefficient (Wildman–Crippen LogP) is 1.95. The number of hydrogen-bond acceptors (Lipinski definition) is 6. The van der Waals surface area contributed by atoms with Crippen molar-refractivity contribution in [3.05, 3.63) is 24.3 Å². The van der Waals surface area contributed by atoms with E-state index in [9.17, 15) is 22.8 Å². The number of imide groups is 1. The summed E-state index contributed by atoms with van der Waals surface area (Å²) in [4.78, 5) is 37.6. The number of sulfonamides is 1. The van der Waals surface area contributed by atoms with E-state index >= 15 is 0 Å². The monoisotopic (exact) mass is 477 g/mol. The molecule has 1 saturated carbocycles. The quantitative estimate of drug-likeness (QED) is 0.538. The molecule has 33 heavy (non-hydrogen) atoms. The van der Waals surface area contributed by atoms with Gasteiger partial charge in [0.05, 0.1) is 11.4 Å². The highest BCUT2D eigenvalue weighted by Gasteiger charge is 2.52. The molecular weight excluding hydrogens is 446 g/mol. The second kappa shape index (κ2) is 9.68. The van der Waals surface area contributed by atoms with E-state index in [-0.39, 0.29) is 11.4 Å². The third kappa shape index (κ3) is 4.98. The number of nitrogens with zero attached hydrogens (tertiary/aromatic N) is 2. The highest BCUT2D eigenvalue weighted by molar-refractivity contribution is 7.89. The molecule has 10 nitrogen and oxygen atoms in total. The molecule has 1 aliphatic carbocycles. The molecule has 4 amide bonds. The number of rotatable bonds is 6. The van der Waals surface area contributed by atoms with E-state index < -0.39 is 33.4 Å². The molecule has 11 heteroatoms. The van der Waals surface area contributed by atoms with Gasteiger partial charge in [-0.15, -0.1) is 0 Å². The van der Waals surface area contributed by atoms with Crippen LogP contribution in [0.25, 0.3) is 0 Å². The minimum Gasteiger partial charge on any atom is -0.376 e. The normalized spacial score (nSPS) is 21.5. The van der Waals surface area contributed by atoms with Crippen molar-refractivity contribution in [3.63, 3.8) is 0 Å². The topological polar surface area (TPSA) is 128 Å². The number of anilines is 1. The van der Waals surface area contributed by atoms with E-state index in [1.807, 2.05) is 0 Å². The van der Waals surface area contributed by atoms with Gasteiger partial charge in [0.15, 0.2) is 0 Å². The van der Waals surface area contributed by atoms with Gasteiger partial charge in [-0.05, 0) is 49.9 Å². The highest BCUT2D eigenvalue weighted by atomic mass is 32.2. The summed E-state index contributed by atoms with van der Waals surface area (Å²) in [7, 11) is -3.54. The molecule has 2 saturated heterocycles. The fourth-order valence-electron chi connectivity index (χ4n) is 4.74. The van der Waals surface area contributed by atoms with Crippen LogP contribution in [0.15, 0.2) is 29.2 Å². The summed E-state index contributed by atoms with van der Waals surface area (Å²) in [6, 6.07) is 5.62. The number of hydrogen-bond donors (Lipinski definition) is 3. The predicted molar refractivity (Wildman–Crippen MR) is 121 cm³/mol. The van der Waals surface area contributed by atoms with Crippen LogP contribution < -0.4 is 16.1 Å². The Hall–Kier alpha value is -2.66. The first-order valence-corrected chi connectivity index (χ1v) is 13.1. The molecule has 0 radical (unpaired) electrons. The van der Waals surface area contributed by atoms with Crippen molar-refractivity contribution in [1.82, 2.24) is 20.1 Å². The third-order valence-corrected chi connectivity index (χ3v) is 8.53. The van der Waals surface area contributed by atoms with Crippen LogP contribution in [0.5, 0.6) is 0 Å². The average Bonchev–Trinajstić information content (AvgIpc) is 3.02. The van der Waals surface area contributed by atoms with E-state index in [2.05, 4.69) is 16.1 Å². The fraction of sp³-hybridized carbons (Fsp3) is 0.591. The van der Waals surface area contributed by atoms with E-state index in [1.54, 1.807) is 12.1 Å². The second-order valence-corrected chi connectivity index (χ2v) is 10.9. The van der Waals surface area contributed by atoms with Crippen molar-refractivity contribution in [2.24, 2.45) is 0 Å². The summed E-state index contributed by atoms with van der Waals surface area (Å²) in [5.41, 5.74) is 2.03. The zero-order valence-electron chi connectivity index (χ0n) is 18.6. The van der Waals surface area contributed by atoms with Crippen LogP contribution in [0.1, 0.15) is 57.8 Å². The van der Waals surface area contributed by atoms with Gasteiger partial charge in [0.2, 0.25) is 10.0 Å². The van der Waals surface area contributed by atoms with Gasteiger partial charge >= 0.3 is 6.03 Å². The lowest BCUT2D eigenvalue weighted by Gasteiger charge is -2.30. The summed E-state index contributed by atoms with van der Waals surface area (Å²) >= 11 is 0. The first-order valence-electron chi connectivity index (χ1n) is 11.6. The van der Waals surface area contributed by atoms with Gasteiger partial charge in [-0.1, -0.05) is 32.1 Å². The maximum Gasteiger partial charge on any atom is 0.344 e. The van der Waals surface area contributed by atoms with Gasteiger partial charge in [-0.25, -0.2) is 13.2 Å². The Morgan fingerprint density at radius 3 is 2.18 bits per heavy atom. The van der Waals surface area contributed by atoms with Gasteiger partial charge in [0.1, 0.15) is 5.54 Å². The van der Waals surface area contributed by atoms with Gasteiger partial charge < -0.3 is 10.6 Å². The zero-order valence-corrected chi connectivity index (χ0v) is 19.5. The minimum absolute atomic E-state index is 0.178. The molecule has 0 unspecified atom stereocenters. The van der Waals surface area contributed by atoms with Gasteiger partial charge in [0, 0.05) is 18.8 Å². The van der Waals surface area contributed by atoms with Crippen LogP contribution >= 0.6 is 0 Å². The molecule has 2 aliphatic heterocycles. The molecule has 0 bridgehead atoms. The van der Waals surface area contributed by atoms with E-state index in [4.69, 9.17) is 0 Å². The van der Waals surface area contributed by atoms with Crippen molar-refractivity contribution in [2.75, 3.05) is 25.0 Å². The SMILES string of the molecule is O=C(CNc1ccc(S(=O)(=O)N2CCCCCC2)cc1)NN1C(=O)NC2(CCCCC2)C1=O. The maximum absolute atomic E-state index is 12.9. The Bertz CT molecular complexity index is 997. The number of amides is 4. The Labute approximate surface area is 194 Å². The molecule has 0 aromatic heterocycles. The highest BCUT2D eigenvalue weighted by Crippen LogP contribution is 2.33. The van der Waals surface area contributed by atoms with Crippen LogP contribution in [-0.4, -0.2) is 60.8 Å². The summed E-state index contributed by atoms with van der Waals surface area (Å²) in [6.45, 7) is 0.890. The summed E-state index contributed by atoms with van der Waals surface area (Å²) in [5.74, 6) is -0.962. The van der Waals surface area contributed by atoms with Gasteiger partial charge in [-0.3, -0.25) is 15.0 Å². The van der Waals surface area contributed by atoms with Crippen LogP contribution in [0.3, 0.4) is 0 Å². The zero-order chi connectivity index (χ0) is 23.5. The smallest absolute Gasteiger partial charge is 0.344 e. The number of carbonyl (C=O) groups excluding carboxylic acids is 3. The summed E-state index contributed by atoms with van der Waals surface area (Å²) in [6.07, 6.45) is 7.73. The Kier molecular flexibility index (Phi) is 6.89. The molecular formula is C22H31N5O5S. The molecule has 1 aromatic rings. The molecule has 3 aliphatic rings. The maximum atomic E-state index is 12.9. The lowest BCUT2D eigenvalue weighted by molar-refractivity contribution is -0.139. The van der Waals surface area contributed by atoms with Crippen molar-refractivity contribution in [3.8, 4) is 0 Å². The Morgan fingerprint density at radius 2 is 1.55 bits per heavy atom. The molecule has 3 N–H and O–H groups in total. The largest absolute Gasteiger partial charge is 0.376 e. The number of urea groups is 1. The van der Waals surface area contributed by atoms with Crippen molar-refractivity contribution < 1.29 is 22.8 Å². The lowest BCUT2D eigenvalue weighted by atomic mass is 9.82. The van der Waals surface area contributed by atoms with E-state index in [1.165, 1.54) is 16.4 Å². The molecule has 1 aromatic carbocycles.